The molecule has 1 rings (SSSR count). The van der Waals surface area contributed by atoms with Gasteiger partial charge in [-0.3, -0.25) is 4.98 Å². The normalized spacial score (nSPS) is 12.6. The molecule has 0 amide bonds. The van der Waals surface area contributed by atoms with Crippen LogP contribution in [0.15, 0.2) is 19.0 Å². The average molecular weight is 162 g/mol. The van der Waals surface area contributed by atoms with Gasteiger partial charge in [0.2, 0.25) is 0 Å². The van der Waals surface area contributed by atoms with Crippen LogP contribution in [0.3, 0.4) is 0 Å². The van der Waals surface area contributed by atoms with Gasteiger partial charge < -0.3 is 5.73 Å². The lowest BCUT2D eigenvalue weighted by Gasteiger charge is -2.10. The fourth-order valence-electron chi connectivity index (χ4n) is 1.22. The quantitative estimate of drug-likeness (QED) is 0.722. The van der Waals surface area contributed by atoms with Crippen molar-refractivity contribution in [2.45, 2.75) is 19.9 Å². The molecule has 0 aliphatic heterocycles. The molecule has 0 aromatic carbocycles. The van der Waals surface area contributed by atoms with Gasteiger partial charge in [-0.25, -0.2) is 0 Å². The maximum atomic E-state index is 5.76. The molecule has 2 heteroatoms. The Balaban J connectivity index is 3.22. The maximum absolute atomic E-state index is 5.76. The molecule has 64 valence electrons. The summed E-state index contributed by atoms with van der Waals surface area (Å²) in [6.45, 7) is 7.71. The lowest BCUT2D eigenvalue weighted by molar-refractivity contribution is 0.802. The fourth-order valence-corrected chi connectivity index (χ4v) is 1.22. The second-order valence-electron chi connectivity index (χ2n) is 2.94. The van der Waals surface area contributed by atoms with Crippen LogP contribution in [-0.2, 0) is 0 Å². The van der Waals surface area contributed by atoms with Crippen molar-refractivity contribution in [2.75, 3.05) is 0 Å². The topological polar surface area (TPSA) is 38.9 Å². The van der Waals surface area contributed by atoms with Crippen molar-refractivity contribution in [3.8, 4) is 0 Å². The van der Waals surface area contributed by atoms with Crippen LogP contribution in [0.5, 0.6) is 0 Å². The smallest absolute Gasteiger partial charge is 0.0343 e. The third-order valence-electron chi connectivity index (χ3n) is 2.00. The number of hydrogen-bond donors (Lipinski definition) is 1. The summed E-state index contributed by atoms with van der Waals surface area (Å²) in [5.74, 6) is 0. The van der Waals surface area contributed by atoms with Gasteiger partial charge in [0.15, 0.2) is 0 Å². The summed E-state index contributed by atoms with van der Waals surface area (Å²) in [5.41, 5.74) is 9.09. The van der Waals surface area contributed by atoms with Crippen molar-refractivity contribution in [1.82, 2.24) is 4.98 Å². The van der Waals surface area contributed by atoms with E-state index in [9.17, 15) is 0 Å². The SMILES string of the molecule is C=Cc1cncc(C(C)N)c1C. The average Bonchev–Trinajstić information content (AvgIpc) is 2.04. The summed E-state index contributed by atoms with van der Waals surface area (Å²) < 4.78 is 0. The molecule has 0 aliphatic rings. The molecule has 12 heavy (non-hydrogen) atoms. The van der Waals surface area contributed by atoms with Gasteiger partial charge in [0.25, 0.3) is 0 Å². The van der Waals surface area contributed by atoms with E-state index in [1.165, 1.54) is 5.56 Å². The minimum atomic E-state index is 0.0393. The van der Waals surface area contributed by atoms with Crippen LogP contribution in [0, 0.1) is 6.92 Å². The van der Waals surface area contributed by atoms with E-state index < -0.39 is 0 Å². The first kappa shape index (κ1) is 8.94. The molecule has 0 saturated heterocycles. The maximum Gasteiger partial charge on any atom is 0.0343 e. The second-order valence-corrected chi connectivity index (χ2v) is 2.94. The van der Waals surface area contributed by atoms with Crippen molar-refractivity contribution >= 4 is 6.08 Å². The standard InChI is InChI=1S/C10H14N2/c1-4-9-5-12-6-10(7(9)2)8(3)11/h4-6,8H,1,11H2,2-3H3. The molecule has 0 fully saturated rings. The van der Waals surface area contributed by atoms with E-state index in [4.69, 9.17) is 5.73 Å². The van der Waals surface area contributed by atoms with Crippen molar-refractivity contribution in [2.24, 2.45) is 5.73 Å². The van der Waals surface area contributed by atoms with E-state index in [1.807, 2.05) is 20.0 Å². The number of pyridine rings is 1. The minimum absolute atomic E-state index is 0.0393. The van der Waals surface area contributed by atoms with Gasteiger partial charge in [0, 0.05) is 18.4 Å². The van der Waals surface area contributed by atoms with Gasteiger partial charge in [0.1, 0.15) is 0 Å². The first-order chi connectivity index (χ1) is 5.66. The third-order valence-corrected chi connectivity index (χ3v) is 2.00. The molecular weight excluding hydrogens is 148 g/mol. The van der Waals surface area contributed by atoms with Gasteiger partial charge in [0.05, 0.1) is 0 Å². The monoisotopic (exact) mass is 162 g/mol. The molecule has 0 saturated carbocycles. The van der Waals surface area contributed by atoms with Crippen LogP contribution in [-0.4, -0.2) is 4.98 Å². The van der Waals surface area contributed by atoms with E-state index in [0.29, 0.717) is 0 Å². The Hall–Kier alpha value is -1.15. The number of hydrogen-bond acceptors (Lipinski definition) is 2. The van der Waals surface area contributed by atoms with Crippen LogP contribution >= 0.6 is 0 Å². The highest BCUT2D eigenvalue weighted by Crippen LogP contribution is 2.17. The molecule has 1 heterocycles. The Bertz CT molecular complexity index is 290. The number of nitrogens with zero attached hydrogens (tertiary/aromatic N) is 1. The van der Waals surface area contributed by atoms with Gasteiger partial charge in [-0.05, 0) is 30.5 Å². The first-order valence-corrected chi connectivity index (χ1v) is 3.99. The summed E-state index contributed by atoms with van der Waals surface area (Å²) in [5, 5.41) is 0. The fraction of sp³-hybridized carbons (Fsp3) is 0.300. The van der Waals surface area contributed by atoms with Gasteiger partial charge in [-0.1, -0.05) is 12.7 Å². The number of nitrogens with two attached hydrogens (primary N) is 1. The minimum Gasteiger partial charge on any atom is -0.324 e. The lowest BCUT2D eigenvalue weighted by atomic mass is 10.0. The molecule has 2 N–H and O–H groups in total. The largest absolute Gasteiger partial charge is 0.324 e. The number of aromatic nitrogens is 1. The zero-order valence-electron chi connectivity index (χ0n) is 7.54. The summed E-state index contributed by atoms with van der Waals surface area (Å²) in [7, 11) is 0. The molecule has 1 atom stereocenters. The third kappa shape index (κ3) is 1.53. The van der Waals surface area contributed by atoms with Gasteiger partial charge >= 0.3 is 0 Å². The van der Waals surface area contributed by atoms with E-state index in [2.05, 4.69) is 11.6 Å². The highest BCUT2D eigenvalue weighted by atomic mass is 14.7. The molecule has 1 aromatic heterocycles. The highest BCUT2D eigenvalue weighted by Gasteiger charge is 2.05. The molecule has 0 radical (unpaired) electrons. The molecule has 2 nitrogen and oxygen atoms in total. The molecule has 0 aliphatic carbocycles. The Morgan fingerprint density at radius 3 is 2.75 bits per heavy atom. The van der Waals surface area contributed by atoms with Crippen LogP contribution in [0.25, 0.3) is 6.08 Å². The van der Waals surface area contributed by atoms with Crippen LogP contribution in [0.1, 0.15) is 29.7 Å². The van der Waals surface area contributed by atoms with Crippen LogP contribution in [0.2, 0.25) is 0 Å². The van der Waals surface area contributed by atoms with E-state index in [1.54, 1.807) is 12.3 Å². The summed E-state index contributed by atoms with van der Waals surface area (Å²) in [4.78, 5) is 4.09. The first-order valence-electron chi connectivity index (χ1n) is 3.99. The molecule has 1 unspecified atom stereocenters. The van der Waals surface area contributed by atoms with Gasteiger partial charge in [-0.2, -0.15) is 0 Å². The van der Waals surface area contributed by atoms with Crippen LogP contribution in [0.4, 0.5) is 0 Å². The molecule has 0 bridgehead atoms. The lowest BCUT2D eigenvalue weighted by Crippen LogP contribution is -2.08. The Kier molecular flexibility index (Phi) is 2.61. The summed E-state index contributed by atoms with van der Waals surface area (Å²) in [6.07, 6.45) is 5.41. The molecular formula is C10H14N2. The van der Waals surface area contributed by atoms with E-state index >= 15 is 0 Å². The van der Waals surface area contributed by atoms with E-state index in [0.717, 1.165) is 11.1 Å². The Morgan fingerprint density at radius 2 is 2.25 bits per heavy atom. The zero-order chi connectivity index (χ0) is 9.14. The van der Waals surface area contributed by atoms with Gasteiger partial charge in [-0.15, -0.1) is 0 Å². The van der Waals surface area contributed by atoms with Crippen molar-refractivity contribution in [3.63, 3.8) is 0 Å². The van der Waals surface area contributed by atoms with Crippen molar-refractivity contribution in [1.29, 1.82) is 0 Å². The van der Waals surface area contributed by atoms with Crippen molar-refractivity contribution < 1.29 is 0 Å². The summed E-state index contributed by atoms with van der Waals surface area (Å²) in [6, 6.07) is 0.0393. The summed E-state index contributed by atoms with van der Waals surface area (Å²) >= 11 is 0. The number of rotatable bonds is 2. The predicted molar refractivity (Wildman–Crippen MR) is 51.7 cm³/mol. The predicted octanol–water partition coefficient (Wildman–Crippen LogP) is 2.05. The zero-order valence-corrected chi connectivity index (χ0v) is 7.54. The van der Waals surface area contributed by atoms with Crippen molar-refractivity contribution in [3.05, 3.63) is 35.7 Å². The second kappa shape index (κ2) is 3.50. The van der Waals surface area contributed by atoms with Crippen LogP contribution < -0.4 is 5.73 Å². The molecule has 1 aromatic rings. The Labute approximate surface area is 73.1 Å². The van der Waals surface area contributed by atoms with E-state index in [-0.39, 0.29) is 6.04 Å². The Morgan fingerprint density at radius 1 is 1.58 bits per heavy atom. The molecule has 0 spiro atoms. The highest BCUT2D eigenvalue weighted by molar-refractivity contribution is 5.52.